The monoisotopic (exact) mass is 389 g/mol. The van der Waals surface area contributed by atoms with Crippen molar-refractivity contribution in [3.05, 3.63) is 0 Å². The highest BCUT2D eigenvalue weighted by Gasteiger charge is 2.23. The maximum Gasteiger partial charge on any atom is 0.322 e. The Morgan fingerprint density at radius 3 is 2.19 bits per heavy atom. The third-order valence-corrected chi connectivity index (χ3v) is 3.26. The molecule has 13 nitrogen and oxygen atoms in total. The average Bonchev–Trinajstić information content (AvgIpc) is 2.58. The summed E-state index contributed by atoms with van der Waals surface area (Å²) in [6.07, 6.45) is -0.629. The van der Waals surface area contributed by atoms with Crippen LogP contribution in [0.15, 0.2) is 4.99 Å². The second kappa shape index (κ2) is 12.4. The van der Waals surface area contributed by atoms with E-state index < -0.39 is 55.0 Å². The van der Waals surface area contributed by atoms with E-state index in [1.54, 1.807) is 0 Å². The number of hydrogen-bond donors (Lipinski definition) is 8. The summed E-state index contributed by atoms with van der Waals surface area (Å²) in [7, 11) is 0. The molecular formula is C14H27N7O6. The second-order valence-corrected chi connectivity index (χ2v) is 5.66. The summed E-state index contributed by atoms with van der Waals surface area (Å²) in [5.41, 5.74) is 15.8. The molecule has 0 aliphatic carbocycles. The average molecular weight is 389 g/mol. The molecular weight excluding hydrogens is 362 g/mol. The number of carboxylic acids is 1. The van der Waals surface area contributed by atoms with E-state index in [0.717, 1.165) is 0 Å². The summed E-state index contributed by atoms with van der Waals surface area (Å²) in [5, 5.41) is 24.6. The van der Waals surface area contributed by atoms with Gasteiger partial charge in [-0.15, -0.1) is 0 Å². The molecule has 0 aliphatic rings. The fraction of sp³-hybridized carbons (Fsp3) is 0.643. The highest BCUT2D eigenvalue weighted by molar-refractivity contribution is 5.92. The summed E-state index contributed by atoms with van der Waals surface area (Å²) < 4.78 is 0. The molecule has 3 amide bonds. The van der Waals surface area contributed by atoms with Crippen molar-refractivity contribution in [1.29, 1.82) is 0 Å². The lowest BCUT2D eigenvalue weighted by Gasteiger charge is -2.19. The Hall–Kier alpha value is -2.93. The summed E-state index contributed by atoms with van der Waals surface area (Å²) in [6, 6.07) is -2.25. The highest BCUT2D eigenvalue weighted by atomic mass is 16.4. The van der Waals surface area contributed by atoms with Crippen LogP contribution in [0.4, 0.5) is 0 Å². The molecule has 0 fully saturated rings. The Kier molecular flexibility index (Phi) is 11.1. The maximum atomic E-state index is 12.0. The number of guanidine groups is 1. The SMILES string of the molecule is CC(O)C(N)C(=O)NCC(=O)NC(CCCN=C(N)N)C(=O)NCC(=O)O. The number of nitrogens with one attached hydrogen (secondary N) is 3. The van der Waals surface area contributed by atoms with E-state index in [1.807, 2.05) is 0 Å². The van der Waals surface area contributed by atoms with Crippen molar-refractivity contribution >= 4 is 29.7 Å². The Balaban J connectivity index is 4.68. The first-order chi connectivity index (χ1) is 12.5. The molecule has 11 N–H and O–H groups in total. The minimum atomic E-state index is -1.24. The molecule has 0 aromatic rings. The molecule has 3 unspecified atom stereocenters. The maximum absolute atomic E-state index is 12.0. The molecule has 154 valence electrons. The Bertz CT molecular complexity index is 562. The van der Waals surface area contributed by atoms with Gasteiger partial charge in [0.05, 0.1) is 12.6 Å². The molecule has 0 spiro atoms. The molecule has 3 atom stereocenters. The lowest BCUT2D eigenvalue weighted by atomic mass is 10.1. The topological polar surface area (TPSA) is 235 Å². The number of aliphatic imine (C=N–C) groups is 1. The van der Waals surface area contributed by atoms with Crippen LogP contribution in [0.2, 0.25) is 0 Å². The fourth-order valence-electron chi connectivity index (χ4n) is 1.81. The first kappa shape index (κ1) is 24.1. The van der Waals surface area contributed by atoms with E-state index in [2.05, 4.69) is 20.9 Å². The molecule has 0 rings (SSSR count). The number of rotatable bonds is 12. The number of aliphatic carboxylic acids is 1. The van der Waals surface area contributed by atoms with Gasteiger partial charge in [0, 0.05) is 6.54 Å². The fourth-order valence-corrected chi connectivity index (χ4v) is 1.81. The number of carbonyl (C=O) groups is 4. The quantitative estimate of drug-likeness (QED) is 0.0911. The zero-order chi connectivity index (χ0) is 21.0. The first-order valence-corrected chi connectivity index (χ1v) is 8.10. The first-order valence-electron chi connectivity index (χ1n) is 8.10. The van der Waals surface area contributed by atoms with E-state index in [1.165, 1.54) is 6.92 Å². The van der Waals surface area contributed by atoms with Gasteiger partial charge in [0.2, 0.25) is 17.7 Å². The van der Waals surface area contributed by atoms with Gasteiger partial charge in [-0.1, -0.05) is 0 Å². The van der Waals surface area contributed by atoms with Gasteiger partial charge in [-0.2, -0.15) is 0 Å². The van der Waals surface area contributed by atoms with Gasteiger partial charge in [0.25, 0.3) is 0 Å². The van der Waals surface area contributed by atoms with Crippen molar-refractivity contribution in [1.82, 2.24) is 16.0 Å². The van der Waals surface area contributed by atoms with Gasteiger partial charge < -0.3 is 43.4 Å². The number of carbonyl (C=O) groups excluding carboxylic acids is 3. The summed E-state index contributed by atoms with van der Waals surface area (Å²) in [4.78, 5) is 49.9. The minimum absolute atomic E-state index is 0.122. The van der Waals surface area contributed by atoms with Crippen LogP contribution in [-0.4, -0.2) is 77.7 Å². The normalized spacial score (nSPS) is 13.6. The van der Waals surface area contributed by atoms with Gasteiger partial charge >= 0.3 is 5.97 Å². The van der Waals surface area contributed by atoms with Crippen LogP contribution in [0, 0.1) is 0 Å². The Labute approximate surface area is 155 Å². The summed E-state index contributed by atoms with van der Waals surface area (Å²) in [5.74, 6) is -3.50. The van der Waals surface area contributed by atoms with E-state index in [9.17, 15) is 24.3 Å². The molecule has 0 heterocycles. The third-order valence-electron chi connectivity index (χ3n) is 3.26. The van der Waals surface area contributed by atoms with Gasteiger partial charge in [0.15, 0.2) is 5.96 Å². The highest BCUT2D eigenvalue weighted by Crippen LogP contribution is 1.99. The van der Waals surface area contributed by atoms with Gasteiger partial charge in [-0.05, 0) is 19.8 Å². The predicted molar refractivity (Wildman–Crippen MR) is 95.2 cm³/mol. The Morgan fingerprint density at radius 1 is 1.07 bits per heavy atom. The standard InChI is InChI=1S/C14H27N7O6/c1-7(22)11(15)13(27)19-5-9(23)21-8(3-2-4-18-14(16)17)12(26)20-6-10(24)25/h7-8,11,22H,2-6,15H2,1H3,(H,19,27)(H,20,26)(H,21,23)(H,24,25)(H4,16,17,18). The van der Waals surface area contributed by atoms with Crippen LogP contribution >= 0.6 is 0 Å². The lowest BCUT2D eigenvalue weighted by molar-refractivity contribution is -0.138. The number of carboxylic acid groups (broad SMARTS) is 1. The number of amides is 3. The molecule has 0 bridgehead atoms. The van der Waals surface area contributed by atoms with Crippen molar-refractivity contribution in [2.75, 3.05) is 19.6 Å². The zero-order valence-corrected chi connectivity index (χ0v) is 15.0. The molecule has 0 radical (unpaired) electrons. The van der Waals surface area contributed by atoms with Crippen LogP contribution in [0.5, 0.6) is 0 Å². The zero-order valence-electron chi connectivity index (χ0n) is 15.0. The van der Waals surface area contributed by atoms with Crippen molar-refractivity contribution in [3.8, 4) is 0 Å². The van der Waals surface area contributed by atoms with E-state index in [-0.39, 0.29) is 18.9 Å². The number of aliphatic hydroxyl groups is 1. The molecule has 0 saturated carbocycles. The largest absolute Gasteiger partial charge is 0.480 e. The minimum Gasteiger partial charge on any atom is -0.480 e. The molecule has 0 aromatic heterocycles. The van der Waals surface area contributed by atoms with Gasteiger partial charge in [0.1, 0.15) is 18.6 Å². The second-order valence-electron chi connectivity index (χ2n) is 5.66. The van der Waals surface area contributed by atoms with Crippen LogP contribution in [0.25, 0.3) is 0 Å². The summed E-state index contributed by atoms with van der Waals surface area (Å²) >= 11 is 0. The van der Waals surface area contributed by atoms with Crippen molar-refractivity contribution in [2.24, 2.45) is 22.2 Å². The van der Waals surface area contributed by atoms with E-state index in [0.29, 0.717) is 6.42 Å². The van der Waals surface area contributed by atoms with Crippen molar-refractivity contribution in [3.63, 3.8) is 0 Å². The van der Waals surface area contributed by atoms with Crippen LogP contribution < -0.4 is 33.2 Å². The smallest absolute Gasteiger partial charge is 0.322 e. The molecule has 0 saturated heterocycles. The van der Waals surface area contributed by atoms with Crippen LogP contribution in [-0.2, 0) is 19.2 Å². The lowest BCUT2D eigenvalue weighted by Crippen LogP contribution is -2.53. The van der Waals surface area contributed by atoms with E-state index in [4.69, 9.17) is 22.3 Å². The third kappa shape index (κ3) is 11.3. The predicted octanol–water partition coefficient (Wildman–Crippen LogP) is -4.45. The molecule has 13 heteroatoms. The number of aliphatic hydroxyl groups excluding tert-OH is 1. The number of nitrogens with two attached hydrogens (primary N) is 3. The van der Waals surface area contributed by atoms with Crippen molar-refractivity contribution < 1.29 is 29.4 Å². The summed E-state index contributed by atoms with van der Waals surface area (Å²) in [6.45, 7) is 0.444. The Morgan fingerprint density at radius 2 is 1.67 bits per heavy atom. The van der Waals surface area contributed by atoms with E-state index >= 15 is 0 Å². The number of hydrogen-bond acceptors (Lipinski definition) is 7. The number of nitrogens with zero attached hydrogens (tertiary/aromatic N) is 1. The van der Waals surface area contributed by atoms with Gasteiger partial charge in [-0.25, -0.2) is 0 Å². The van der Waals surface area contributed by atoms with Crippen molar-refractivity contribution in [2.45, 2.75) is 38.0 Å². The molecule has 0 aromatic carbocycles. The van der Waals surface area contributed by atoms with Gasteiger partial charge in [-0.3, -0.25) is 24.2 Å². The van der Waals surface area contributed by atoms with Crippen LogP contribution in [0.3, 0.4) is 0 Å². The molecule has 27 heavy (non-hydrogen) atoms. The molecule has 0 aliphatic heterocycles. The van der Waals surface area contributed by atoms with Crippen LogP contribution in [0.1, 0.15) is 19.8 Å².